The quantitative estimate of drug-likeness (QED) is 0.590. The molecule has 0 amide bonds. The number of nitriles is 1. The van der Waals surface area contributed by atoms with Gasteiger partial charge < -0.3 is 10.5 Å². The van der Waals surface area contributed by atoms with Gasteiger partial charge in [0, 0.05) is 17.1 Å². The smallest absolute Gasteiger partial charge is 0.205 e. The van der Waals surface area contributed by atoms with Crippen LogP contribution in [0.2, 0.25) is 15.1 Å². The Morgan fingerprint density at radius 1 is 1.08 bits per heavy atom. The average Bonchev–Trinajstić information content (AvgIpc) is 2.64. The Morgan fingerprint density at radius 3 is 2.65 bits per heavy atom. The zero-order valence-corrected chi connectivity index (χ0v) is 15.4. The minimum absolute atomic E-state index is 0.00955. The summed E-state index contributed by atoms with van der Waals surface area (Å²) in [5.74, 6) is -0.0864. The SMILES string of the molecule is N#CC1=C(N)Oc2c(cc(Cl)c3cccnc23)C1c1cccc(Cl)c1Cl. The van der Waals surface area contributed by atoms with E-state index in [1.165, 1.54) is 0 Å². The van der Waals surface area contributed by atoms with Crippen molar-refractivity contribution in [2.24, 2.45) is 5.73 Å². The Kier molecular flexibility index (Phi) is 4.16. The number of allylic oxidation sites excluding steroid dienone is 1. The van der Waals surface area contributed by atoms with Crippen molar-refractivity contribution < 1.29 is 4.74 Å². The van der Waals surface area contributed by atoms with Gasteiger partial charge in [-0.2, -0.15) is 5.26 Å². The molecular weight excluding hydrogens is 393 g/mol. The fourth-order valence-electron chi connectivity index (χ4n) is 3.17. The summed E-state index contributed by atoms with van der Waals surface area (Å²) in [6, 6.07) is 12.8. The second kappa shape index (κ2) is 6.37. The van der Waals surface area contributed by atoms with Crippen LogP contribution in [-0.2, 0) is 0 Å². The maximum Gasteiger partial charge on any atom is 0.205 e. The molecule has 1 aromatic heterocycles. The van der Waals surface area contributed by atoms with Crippen LogP contribution < -0.4 is 10.5 Å². The van der Waals surface area contributed by atoms with Crippen LogP contribution in [0.3, 0.4) is 0 Å². The lowest BCUT2D eigenvalue weighted by atomic mass is 9.83. The number of ether oxygens (including phenoxy) is 1. The van der Waals surface area contributed by atoms with Crippen LogP contribution in [0.25, 0.3) is 10.9 Å². The maximum atomic E-state index is 9.67. The molecule has 0 radical (unpaired) electrons. The second-order valence-corrected chi connectivity index (χ2v) is 6.94. The summed E-state index contributed by atoms with van der Waals surface area (Å²) in [7, 11) is 0. The fourth-order valence-corrected chi connectivity index (χ4v) is 3.85. The lowest BCUT2D eigenvalue weighted by Crippen LogP contribution is -2.21. The van der Waals surface area contributed by atoms with E-state index < -0.39 is 5.92 Å². The van der Waals surface area contributed by atoms with Crippen molar-refractivity contribution in [1.82, 2.24) is 4.98 Å². The molecule has 1 aliphatic rings. The predicted molar refractivity (Wildman–Crippen MR) is 103 cm³/mol. The Balaban J connectivity index is 2.09. The van der Waals surface area contributed by atoms with Crippen LogP contribution in [0.15, 0.2) is 54.1 Å². The van der Waals surface area contributed by atoms with Gasteiger partial charge >= 0.3 is 0 Å². The van der Waals surface area contributed by atoms with Crippen molar-refractivity contribution in [2.45, 2.75) is 5.92 Å². The molecule has 0 spiro atoms. The van der Waals surface area contributed by atoms with Crippen molar-refractivity contribution in [3.8, 4) is 11.8 Å². The summed E-state index contributed by atoms with van der Waals surface area (Å²) in [5.41, 5.74) is 8.17. The number of hydrogen-bond acceptors (Lipinski definition) is 4. The number of nitrogens with zero attached hydrogens (tertiary/aromatic N) is 2. The molecule has 0 fully saturated rings. The van der Waals surface area contributed by atoms with E-state index in [1.807, 2.05) is 6.07 Å². The highest BCUT2D eigenvalue weighted by atomic mass is 35.5. The van der Waals surface area contributed by atoms with Crippen molar-refractivity contribution in [3.05, 3.63) is 80.2 Å². The number of benzene rings is 2. The van der Waals surface area contributed by atoms with E-state index in [2.05, 4.69) is 11.1 Å². The molecule has 0 saturated heterocycles. The number of pyridine rings is 1. The number of aromatic nitrogens is 1. The fraction of sp³-hybridized carbons (Fsp3) is 0.0526. The molecule has 1 atom stereocenters. The third-order valence-electron chi connectivity index (χ3n) is 4.31. The predicted octanol–water partition coefficient (Wildman–Crippen LogP) is 5.41. The average molecular weight is 403 g/mol. The van der Waals surface area contributed by atoms with Crippen LogP contribution in [0.4, 0.5) is 0 Å². The van der Waals surface area contributed by atoms with Gasteiger partial charge in [-0.3, -0.25) is 4.98 Å². The van der Waals surface area contributed by atoms with Crippen molar-refractivity contribution in [3.63, 3.8) is 0 Å². The Labute approximate surface area is 164 Å². The molecule has 0 aliphatic carbocycles. The largest absolute Gasteiger partial charge is 0.438 e. The minimum Gasteiger partial charge on any atom is -0.438 e. The van der Waals surface area contributed by atoms with Crippen LogP contribution >= 0.6 is 34.8 Å². The molecule has 26 heavy (non-hydrogen) atoms. The number of fused-ring (bicyclic) bond motifs is 3. The van der Waals surface area contributed by atoms with E-state index in [0.29, 0.717) is 37.5 Å². The highest BCUT2D eigenvalue weighted by Crippen LogP contribution is 2.48. The number of halogens is 3. The highest BCUT2D eigenvalue weighted by Gasteiger charge is 2.34. The third-order valence-corrected chi connectivity index (χ3v) is 5.46. The standard InChI is InChI=1S/C19H10Cl3N3O/c20-13-5-1-3-10(16(13)22)15-11-7-14(21)9-4-2-6-25-17(9)18(11)26-19(24)12(15)8-23/h1-7,15H,24H2. The summed E-state index contributed by atoms with van der Waals surface area (Å²) in [5, 5.41) is 11.6. The van der Waals surface area contributed by atoms with Crippen molar-refractivity contribution >= 4 is 45.7 Å². The Hall–Kier alpha value is -2.45. The second-order valence-electron chi connectivity index (χ2n) is 5.74. The van der Waals surface area contributed by atoms with Crippen molar-refractivity contribution in [2.75, 3.05) is 0 Å². The molecule has 0 bridgehead atoms. The monoisotopic (exact) mass is 401 g/mol. The molecule has 1 aliphatic heterocycles. The normalized spacial score (nSPS) is 16.2. The molecule has 0 saturated carbocycles. The van der Waals surface area contributed by atoms with Crippen LogP contribution in [0, 0.1) is 11.3 Å². The van der Waals surface area contributed by atoms with Gasteiger partial charge in [-0.05, 0) is 29.8 Å². The molecule has 3 aromatic rings. The first-order valence-electron chi connectivity index (χ1n) is 7.61. The number of rotatable bonds is 1. The molecule has 2 aromatic carbocycles. The van der Waals surface area contributed by atoms with Crippen LogP contribution in [-0.4, -0.2) is 4.98 Å². The summed E-state index contributed by atoms with van der Waals surface area (Å²) < 4.78 is 5.76. The lowest BCUT2D eigenvalue weighted by Gasteiger charge is -2.28. The minimum atomic E-state index is -0.557. The summed E-state index contributed by atoms with van der Waals surface area (Å²) in [6.07, 6.45) is 1.64. The van der Waals surface area contributed by atoms with Gasteiger partial charge in [0.2, 0.25) is 5.88 Å². The van der Waals surface area contributed by atoms with E-state index in [4.69, 9.17) is 45.3 Å². The Bertz CT molecular complexity index is 1130. The number of nitrogens with two attached hydrogens (primary N) is 1. The van der Waals surface area contributed by atoms with Gasteiger partial charge in [0.1, 0.15) is 17.2 Å². The van der Waals surface area contributed by atoms with E-state index in [0.717, 1.165) is 5.39 Å². The van der Waals surface area contributed by atoms with Gasteiger partial charge in [0.05, 0.1) is 21.0 Å². The zero-order valence-electron chi connectivity index (χ0n) is 13.1. The number of hydrogen-bond donors (Lipinski definition) is 1. The van der Waals surface area contributed by atoms with E-state index >= 15 is 0 Å². The van der Waals surface area contributed by atoms with Crippen LogP contribution in [0.5, 0.6) is 5.75 Å². The summed E-state index contributed by atoms with van der Waals surface area (Å²) in [6.45, 7) is 0. The molecule has 4 rings (SSSR count). The third kappa shape index (κ3) is 2.48. The lowest BCUT2D eigenvalue weighted by molar-refractivity contribution is 0.397. The first-order valence-corrected chi connectivity index (χ1v) is 8.75. The zero-order chi connectivity index (χ0) is 18.4. The maximum absolute atomic E-state index is 9.67. The highest BCUT2D eigenvalue weighted by molar-refractivity contribution is 6.42. The molecule has 4 nitrogen and oxygen atoms in total. The van der Waals surface area contributed by atoms with Crippen LogP contribution in [0.1, 0.15) is 17.0 Å². The van der Waals surface area contributed by atoms with Gasteiger partial charge in [-0.25, -0.2) is 0 Å². The van der Waals surface area contributed by atoms with E-state index in [1.54, 1.807) is 36.5 Å². The first kappa shape index (κ1) is 17.0. The van der Waals surface area contributed by atoms with Gasteiger partial charge in [-0.15, -0.1) is 0 Å². The van der Waals surface area contributed by atoms with E-state index in [-0.39, 0.29) is 11.5 Å². The van der Waals surface area contributed by atoms with Gasteiger partial charge in [0.15, 0.2) is 5.75 Å². The molecule has 128 valence electrons. The molecule has 7 heteroatoms. The van der Waals surface area contributed by atoms with Crippen molar-refractivity contribution in [1.29, 1.82) is 5.26 Å². The summed E-state index contributed by atoms with van der Waals surface area (Å²) >= 11 is 19.1. The van der Waals surface area contributed by atoms with Gasteiger partial charge in [0.25, 0.3) is 0 Å². The van der Waals surface area contributed by atoms with Gasteiger partial charge in [-0.1, -0.05) is 46.9 Å². The molecular formula is C19H10Cl3N3O. The molecule has 2 N–H and O–H groups in total. The molecule has 2 heterocycles. The Morgan fingerprint density at radius 2 is 1.88 bits per heavy atom. The molecule has 1 unspecified atom stereocenters. The first-order chi connectivity index (χ1) is 12.5. The topological polar surface area (TPSA) is 71.9 Å². The summed E-state index contributed by atoms with van der Waals surface area (Å²) in [4.78, 5) is 4.38. The van der Waals surface area contributed by atoms with E-state index in [9.17, 15) is 5.26 Å².